The van der Waals surface area contributed by atoms with Gasteiger partial charge in [-0.25, -0.2) is 0 Å². The quantitative estimate of drug-likeness (QED) is 0.566. The number of amides is 1. The highest BCUT2D eigenvalue weighted by molar-refractivity contribution is 5.80. The van der Waals surface area contributed by atoms with Crippen LogP contribution in [0.3, 0.4) is 0 Å². The molecule has 1 atom stereocenters. The van der Waals surface area contributed by atoms with Gasteiger partial charge in [0.1, 0.15) is 6.04 Å². The molecule has 0 aromatic carbocycles. The molecule has 1 aromatic heterocycles. The van der Waals surface area contributed by atoms with E-state index < -0.39 is 11.9 Å². The fraction of sp³-hybridized carbons (Fsp3) is 0.167. The maximum Gasteiger partial charge on any atom is 0.240 e. The van der Waals surface area contributed by atoms with Crippen LogP contribution in [-0.4, -0.2) is 16.1 Å². The number of primary amides is 1. The Kier molecular flexibility index (Phi) is 2.12. The molecule has 0 saturated carbocycles. The largest absolute Gasteiger partial charge is 0.368 e. The summed E-state index contributed by atoms with van der Waals surface area (Å²) in [5.41, 5.74) is 10.7. The second kappa shape index (κ2) is 3.07. The number of aromatic nitrogens is 2. The first-order chi connectivity index (χ1) is 5.22. The lowest BCUT2D eigenvalue weighted by molar-refractivity contribution is -0.119. The summed E-state index contributed by atoms with van der Waals surface area (Å²) >= 11 is 0. The molecule has 11 heavy (non-hydrogen) atoms. The van der Waals surface area contributed by atoms with Crippen molar-refractivity contribution in [2.45, 2.75) is 6.04 Å². The van der Waals surface area contributed by atoms with Gasteiger partial charge in [0.15, 0.2) is 0 Å². The molecule has 4 N–H and O–H groups in total. The highest BCUT2D eigenvalue weighted by atomic mass is 16.1. The summed E-state index contributed by atoms with van der Waals surface area (Å²) in [5.74, 6) is -0.606. The second-order valence-corrected chi connectivity index (χ2v) is 2.03. The molecule has 0 radical (unpaired) electrons. The lowest BCUT2D eigenvalue weighted by Gasteiger charge is -2.03. The van der Waals surface area contributed by atoms with Gasteiger partial charge in [-0.3, -0.25) is 4.79 Å². The van der Waals surface area contributed by atoms with Crippen LogP contribution in [0.1, 0.15) is 11.7 Å². The average molecular weight is 152 g/mol. The van der Waals surface area contributed by atoms with Gasteiger partial charge < -0.3 is 11.5 Å². The molecule has 0 aliphatic rings. The SMILES string of the molecule is NC(=O)C(N)c1cccnn1. The van der Waals surface area contributed by atoms with Crippen LogP contribution in [0.25, 0.3) is 0 Å². The van der Waals surface area contributed by atoms with Crippen molar-refractivity contribution in [1.29, 1.82) is 0 Å². The highest BCUT2D eigenvalue weighted by Crippen LogP contribution is 2.02. The van der Waals surface area contributed by atoms with Crippen molar-refractivity contribution in [1.82, 2.24) is 10.2 Å². The van der Waals surface area contributed by atoms with Crippen LogP contribution in [-0.2, 0) is 4.79 Å². The van der Waals surface area contributed by atoms with Crippen LogP contribution >= 0.6 is 0 Å². The number of carbonyl (C=O) groups excluding carboxylic acids is 1. The number of rotatable bonds is 2. The Labute approximate surface area is 63.4 Å². The average Bonchev–Trinajstić information content (AvgIpc) is 2.05. The molecule has 1 heterocycles. The molecule has 58 valence electrons. The van der Waals surface area contributed by atoms with E-state index in [1.807, 2.05) is 0 Å². The van der Waals surface area contributed by atoms with E-state index in [1.165, 1.54) is 6.20 Å². The molecule has 0 saturated heterocycles. The molecule has 1 rings (SSSR count). The third kappa shape index (κ3) is 1.71. The normalized spacial score (nSPS) is 12.5. The molecule has 1 aromatic rings. The van der Waals surface area contributed by atoms with Gasteiger partial charge >= 0.3 is 0 Å². The Balaban J connectivity index is 2.85. The van der Waals surface area contributed by atoms with Crippen molar-refractivity contribution >= 4 is 5.91 Å². The van der Waals surface area contributed by atoms with Crippen LogP contribution in [0.2, 0.25) is 0 Å². The number of nitrogens with zero attached hydrogens (tertiary/aromatic N) is 2. The van der Waals surface area contributed by atoms with Crippen LogP contribution in [0, 0.1) is 0 Å². The summed E-state index contributed by atoms with van der Waals surface area (Å²) in [6, 6.07) is 2.39. The zero-order chi connectivity index (χ0) is 8.27. The summed E-state index contributed by atoms with van der Waals surface area (Å²) in [6.45, 7) is 0. The minimum Gasteiger partial charge on any atom is -0.368 e. The molecule has 5 nitrogen and oxygen atoms in total. The molecular formula is C6H8N4O. The molecule has 0 bridgehead atoms. The van der Waals surface area contributed by atoms with Crippen molar-refractivity contribution in [3.63, 3.8) is 0 Å². The molecular weight excluding hydrogens is 144 g/mol. The maximum atomic E-state index is 10.5. The van der Waals surface area contributed by atoms with E-state index >= 15 is 0 Å². The molecule has 0 spiro atoms. The third-order valence-electron chi connectivity index (χ3n) is 1.22. The van der Waals surface area contributed by atoms with Crippen molar-refractivity contribution in [3.8, 4) is 0 Å². The van der Waals surface area contributed by atoms with Gasteiger partial charge in [-0.15, -0.1) is 0 Å². The maximum absolute atomic E-state index is 10.5. The van der Waals surface area contributed by atoms with Gasteiger partial charge in [0, 0.05) is 6.20 Å². The van der Waals surface area contributed by atoms with Crippen molar-refractivity contribution < 1.29 is 4.79 Å². The summed E-state index contributed by atoms with van der Waals surface area (Å²) in [7, 11) is 0. The van der Waals surface area contributed by atoms with Gasteiger partial charge in [0.25, 0.3) is 0 Å². The highest BCUT2D eigenvalue weighted by Gasteiger charge is 2.12. The topological polar surface area (TPSA) is 94.9 Å². The number of hydrogen-bond donors (Lipinski definition) is 2. The van der Waals surface area contributed by atoms with Crippen LogP contribution in [0.5, 0.6) is 0 Å². The lowest BCUT2D eigenvalue weighted by Crippen LogP contribution is -2.29. The van der Waals surface area contributed by atoms with Crippen LogP contribution in [0.15, 0.2) is 18.3 Å². The first kappa shape index (κ1) is 7.62. The lowest BCUT2D eigenvalue weighted by atomic mass is 10.2. The first-order valence-electron chi connectivity index (χ1n) is 3.04. The summed E-state index contributed by atoms with van der Waals surface area (Å²) in [5, 5.41) is 7.17. The van der Waals surface area contributed by atoms with Crippen molar-refractivity contribution in [3.05, 3.63) is 24.0 Å². The van der Waals surface area contributed by atoms with Crippen LogP contribution < -0.4 is 11.5 Å². The monoisotopic (exact) mass is 152 g/mol. The summed E-state index contributed by atoms with van der Waals surface area (Å²) in [4.78, 5) is 10.5. The van der Waals surface area contributed by atoms with Gasteiger partial charge in [0.05, 0.1) is 5.69 Å². The number of hydrogen-bond acceptors (Lipinski definition) is 4. The standard InChI is InChI=1S/C6H8N4O/c7-5(6(8)11)4-2-1-3-9-10-4/h1-3,5H,7H2,(H2,8,11). The molecule has 0 aliphatic carbocycles. The molecule has 0 aliphatic heterocycles. The Hall–Kier alpha value is -1.49. The first-order valence-corrected chi connectivity index (χ1v) is 3.04. The fourth-order valence-electron chi connectivity index (χ4n) is 0.625. The van der Waals surface area contributed by atoms with Gasteiger partial charge in [0.2, 0.25) is 5.91 Å². The number of carbonyl (C=O) groups is 1. The summed E-state index contributed by atoms with van der Waals surface area (Å²) in [6.07, 6.45) is 1.50. The minimum atomic E-state index is -0.858. The van der Waals surface area contributed by atoms with E-state index in [4.69, 9.17) is 11.5 Å². The van der Waals surface area contributed by atoms with Gasteiger partial charge in [-0.05, 0) is 12.1 Å². The zero-order valence-corrected chi connectivity index (χ0v) is 5.77. The van der Waals surface area contributed by atoms with E-state index in [2.05, 4.69) is 10.2 Å². The van der Waals surface area contributed by atoms with Gasteiger partial charge in [-0.1, -0.05) is 0 Å². The Bertz CT molecular complexity index is 248. The van der Waals surface area contributed by atoms with Crippen molar-refractivity contribution in [2.24, 2.45) is 11.5 Å². The second-order valence-electron chi connectivity index (χ2n) is 2.03. The Morgan fingerprint density at radius 3 is 2.82 bits per heavy atom. The van der Waals surface area contributed by atoms with Crippen LogP contribution in [0.4, 0.5) is 0 Å². The number of nitrogens with two attached hydrogens (primary N) is 2. The molecule has 0 fully saturated rings. The minimum absolute atomic E-state index is 0.389. The third-order valence-corrected chi connectivity index (χ3v) is 1.22. The smallest absolute Gasteiger partial charge is 0.240 e. The van der Waals surface area contributed by atoms with E-state index in [9.17, 15) is 4.79 Å². The van der Waals surface area contributed by atoms with E-state index in [0.717, 1.165) is 0 Å². The Morgan fingerprint density at radius 1 is 1.64 bits per heavy atom. The summed E-state index contributed by atoms with van der Waals surface area (Å²) < 4.78 is 0. The predicted molar refractivity (Wildman–Crippen MR) is 38.2 cm³/mol. The molecule has 5 heteroatoms. The van der Waals surface area contributed by atoms with Gasteiger partial charge in [-0.2, -0.15) is 10.2 Å². The molecule has 1 unspecified atom stereocenters. The molecule has 1 amide bonds. The van der Waals surface area contributed by atoms with E-state index in [-0.39, 0.29) is 0 Å². The predicted octanol–water partition coefficient (Wildman–Crippen LogP) is -1.04. The zero-order valence-electron chi connectivity index (χ0n) is 5.77. The van der Waals surface area contributed by atoms with E-state index in [1.54, 1.807) is 12.1 Å². The van der Waals surface area contributed by atoms with E-state index in [0.29, 0.717) is 5.69 Å². The Morgan fingerprint density at radius 2 is 2.36 bits per heavy atom. The fourth-order valence-corrected chi connectivity index (χ4v) is 0.625. The van der Waals surface area contributed by atoms with Crippen molar-refractivity contribution in [2.75, 3.05) is 0 Å².